The molecule has 0 saturated carbocycles. The smallest absolute Gasteiger partial charge is 0.360 e. The van der Waals surface area contributed by atoms with Crippen LogP contribution in [-0.2, 0) is 0 Å². The minimum atomic E-state index is -1.05. The van der Waals surface area contributed by atoms with E-state index >= 15 is 0 Å². The molecule has 1 saturated heterocycles. The van der Waals surface area contributed by atoms with Crippen molar-refractivity contribution in [2.24, 2.45) is 0 Å². The summed E-state index contributed by atoms with van der Waals surface area (Å²) in [5.41, 5.74) is 4.24. The molecule has 0 radical (unpaired) electrons. The molecule has 2 aromatic carbocycles. The second kappa shape index (κ2) is 6.87. The summed E-state index contributed by atoms with van der Waals surface area (Å²) in [5.74, 6) is -0.232. The van der Waals surface area contributed by atoms with E-state index in [0.29, 0.717) is 11.7 Å². The van der Waals surface area contributed by atoms with Gasteiger partial charge in [0.2, 0.25) is 5.69 Å². The van der Waals surface area contributed by atoms with Gasteiger partial charge >= 0.3 is 5.97 Å². The lowest BCUT2D eigenvalue weighted by molar-refractivity contribution is 0.0690. The van der Waals surface area contributed by atoms with E-state index in [1.807, 2.05) is 55.1 Å². The van der Waals surface area contributed by atoms with Crippen LogP contribution in [0.1, 0.15) is 39.5 Å². The maximum Gasteiger partial charge on any atom is 0.360 e. The molecule has 0 unspecified atom stereocenters. The van der Waals surface area contributed by atoms with Gasteiger partial charge in [0.25, 0.3) is 0 Å². The van der Waals surface area contributed by atoms with Crippen molar-refractivity contribution in [1.82, 2.24) is 15.0 Å². The molecule has 6 nitrogen and oxygen atoms in total. The third kappa shape index (κ3) is 3.30. The van der Waals surface area contributed by atoms with Gasteiger partial charge in [-0.25, -0.2) is 4.79 Å². The van der Waals surface area contributed by atoms with Gasteiger partial charge < -0.3 is 10.0 Å². The molecule has 1 aliphatic rings. The lowest BCUT2D eigenvalue weighted by Gasteiger charge is -2.16. The number of nitrogens with zero attached hydrogens (tertiary/aromatic N) is 4. The minimum absolute atomic E-state index is 0.00341. The highest BCUT2D eigenvalue weighted by Crippen LogP contribution is 2.31. The van der Waals surface area contributed by atoms with Crippen LogP contribution in [0.5, 0.6) is 0 Å². The fourth-order valence-electron chi connectivity index (χ4n) is 3.74. The number of carboxylic acids is 1. The van der Waals surface area contributed by atoms with Gasteiger partial charge in [0, 0.05) is 19.0 Å². The summed E-state index contributed by atoms with van der Waals surface area (Å²) in [6, 6.07) is 16.3. The molecule has 27 heavy (non-hydrogen) atoms. The number of hydrogen-bond donors (Lipinski definition) is 1. The lowest BCUT2D eigenvalue weighted by Crippen LogP contribution is -2.22. The molecule has 2 heterocycles. The molecule has 1 aromatic heterocycles. The van der Waals surface area contributed by atoms with Crippen LogP contribution in [0.25, 0.3) is 5.69 Å². The van der Waals surface area contributed by atoms with E-state index in [0.717, 1.165) is 36.3 Å². The summed E-state index contributed by atoms with van der Waals surface area (Å²) < 4.78 is 0. The highest BCUT2D eigenvalue weighted by molar-refractivity contribution is 5.91. The Bertz CT molecular complexity index is 981. The zero-order chi connectivity index (χ0) is 19.0. The molecule has 1 atom stereocenters. The Balaban J connectivity index is 1.67. The summed E-state index contributed by atoms with van der Waals surface area (Å²) in [4.78, 5) is 15.3. The van der Waals surface area contributed by atoms with Crippen LogP contribution in [0.15, 0.2) is 48.5 Å². The number of aryl methyl sites for hydroxylation is 2. The SMILES string of the molecule is Cc1ccc(-n2nc(C(=O)O)c(N3CC[C@H](c4ccccc4)C3)n2)c(C)c1. The first-order chi connectivity index (χ1) is 13.0. The molecule has 6 heteroatoms. The number of aromatic nitrogens is 3. The molecule has 1 N–H and O–H groups in total. The fourth-order valence-corrected chi connectivity index (χ4v) is 3.74. The highest BCUT2D eigenvalue weighted by Gasteiger charge is 2.30. The van der Waals surface area contributed by atoms with Crippen molar-refractivity contribution in [2.45, 2.75) is 26.2 Å². The van der Waals surface area contributed by atoms with Crippen LogP contribution in [0.4, 0.5) is 5.82 Å². The molecule has 0 amide bonds. The molecule has 1 fully saturated rings. The zero-order valence-electron chi connectivity index (χ0n) is 15.5. The van der Waals surface area contributed by atoms with E-state index in [2.05, 4.69) is 22.3 Å². The third-order valence-electron chi connectivity index (χ3n) is 5.13. The fraction of sp³-hybridized carbons (Fsp3) is 0.286. The van der Waals surface area contributed by atoms with Gasteiger partial charge in [0.05, 0.1) is 5.69 Å². The average molecular weight is 362 g/mol. The highest BCUT2D eigenvalue weighted by atomic mass is 16.4. The summed E-state index contributed by atoms with van der Waals surface area (Å²) >= 11 is 0. The van der Waals surface area contributed by atoms with E-state index in [1.54, 1.807) is 0 Å². The topological polar surface area (TPSA) is 71.2 Å². The Hall–Kier alpha value is -3.15. The average Bonchev–Trinajstić information content (AvgIpc) is 3.29. The van der Waals surface area contributed by atoms with Gasteiger partial charge in [-0.15, -0.1) is 15.0 Å². The quantitative estimate of drug-likeness (QED) is 0.768. The number of aromatic carboxylic acids is 1. The van der Waals surface area contributed by atoms with Crippen molar-refractivity contribution in [3.05, 3.63) is 70.9 Å². The van der Waals surface area contributed by atoms with E-state index in [1.165, 1.54) is 10.4 Å². The molecule has 138 valence electrons. The summed E-state index contributed by atoms with van der Waals surface area (Å²) in [7, 11) is 0. The first-order valence-electron chi connectivity index (χ1n) is 9.11. The number of rotatable bonds is 4. The van der Waals surface area contributed by atoms with Crippen molar-refractivity contribution < 1.29 is 9.90 Å². The van der Waals surface area contributed by atoms with E-state index < -0.39 is 5.97 Å². The number of anilines is 1. The largest absolute Gasteiger partial charge is 0.476 e. The van der Waals surface area contributed by atoms with Crippen molar-refractivity contribution in [3.63, 3.8) is 0 Å². The zero-order valence-corrected chi connectivity index (χ0v) is 15.5. The lowest BCUT2D eigenvalue weighted by atomic mass is 9.99. The normalized spacial score (nSPS) is 16.7. The summed E-state index contributed by atoms with van der Waals surface area (Å²) in [6.45, 7) is 5.52. The number of carboxylic acid groups (broad SMARTS) is 1. The van der Waals surface area contributed by atoms with Crippen molar-refractivity contribution in [1.29, 1.82) is 0 Å². The third-order valence-corrected chi connectivity index (χ3v) is 5.13. The van der Waals surface area contributed by atoms with Crippen LogP contribution in [0, 0.1) is 13.8 Å². The maximum absolute atomic E-state index is 11.8. The van der Waals surface area contributed by atoms with Gasteiger partial charge in [0.1, 0.15) is 0 Å². The van der Waals surface area contributed by atoms with Crippen LogP contribution >= 0.6 is 0 Å². The van der Waals surface area contributed by atoms with Gasteiger partial charge in [-0.05, 0) is 37.5 Å². The molecule has 1 aliphatic heterocycles. The van der Waals surface area contributed by atoms with E-state index in [9.17, 15) is 9.90 Å². The van der Waals surface area contributed by atoms with Gasteiger partial charge in [0.15, 0.2) is 5.82 Å². The molecule has 0 aliphatic carbocycles. The van der Waals surface area contributed by atoms with Crippen LogP contribution < -0.4 is 4.90 Å². The first kappa shape index (κ1) is 17.3. The maximum atomic E-state index is 11.8. The Morgan fingerprint density at radius 3 is 2.59 bits per heavy atom. The molecular formula is C21H22N4O2. The van der Waals surface area contributed by atoms with Crippen molar-refractivity contribution in [2.75, 3.05) is 18.0 Å². The van der Waals surface area contributed by atoms with Crippen LogP contribution in [0.3, 0.4) is 0 Å². The van der Waals surface area contributed by atoms with Gasteiger partial charge in [-0.1, -0.05) is 48.0 Å². The number of benzene rings is 2. The second-order valence-electron chi connectivity index (χ2n) is 7.10. The molecule has 3 aromatic rings. The van der Waals surface area contributed by atoms with Crippen LogP contribution in [-0.4, -0.2) is 39.2 Å². The predicted octanol–water partition coefficient (Wildman–Crippen LogP) is 3.58. The minimum Gasteiger partial charge on any atom is -0.476 e. The first-order valence-corrected chi connectivity index (χ1v) is 9.11. The Morgan fingerprint density at radius 2 is 1.89 bits per heavy atom. The van der Waals surface area contributed by atoms with Crippen LogP contribution in [0.2, 0.25) is 0 Å². The monoisotopic (exact) mass is 362 g/mol. The number of hydrogen-bond acceptors (Lipinski definition) is 4. The van der Waals surface area contributed by atoms with E-state index in [-0.39, 0.29) is 5.69 Å². The standard InChI is InChI=1S/C21H22N4O2/c1-14-8-9-18(15(2)12-14)25-22-19(21(26)27)20(23-25)24-11-10-17(13-24)16-6-4-3-5-7-16/h3-9,12,17H,10-11,13H2,1-2H3,(H,26,27)/t17-/m0/s1. The Labute approximate surface area is 158 Å². The second-order valence-corrected chi connectivity index (χ2v) is 7.10. The van der Waals surface area contributed by atoms with Gasteiger partial charge in [-0.3, -0.25) is 0 Å². The molecule has 4 rings (SSSR count). The summed E-state index contributed by atoms with van der Waals surface area (Å²) in [6.07, 6.45) is 0.972. The molecular weight excluding hydrogens is 340 g/mol. The van der Waals surface area contributed by atoms with Crippen molar-refractivity contribution in [3.8, 4) is 5.69 Å². The Morgan fingerprint density at radius 1 is 1.11 bits per heavy atom. The van der Waals surface area contributed by atoms with E-state index in [4.69, 9.17) is 0 Å². The summed E-state index contributed by atoms with van der Waals surface area (Å²) in [5, 5.41) is 18.5. The Kier molecular flexibility index (Phi) is 4.39. The molecule has 0 bridgehead atoms. The predicted molar refractivity (Wildman–Crippen MR) is 104 cm³/mol. The molecule has 0 spiro atoms. The van der Waals surface area contributed by atoms with Crippen molar-refractivity contribution >= 4 is 11.8 Å². The number of carbonyl (C=O) groups is 1. The van der Waals surface area contributed by atoms with Gasteiger partial charge in [-0.2, -0.15) is 0 Å².